The Balaban J connectivity index is 1.34. The number of nitrogens with zero attached hydrogens (tertiary/aromatic N) is 4. The Labute approximate surface area is 189 Å². The summed E-state index contributed by atoms with van der Waals surface area (Å²) in [6, 6.07) is 12.0. The van der Waals surface area contributed by atoms with Gasteiger partial charge in [-0.2, -0.15) is 5.10 Å². The average molecular weight is 451 g/mol. The highest BCUT2D eigenvalue weighted by Crippen LogP contribution is 2.21. The maximum atomic E-state index is 13.8. The predicted molar refractivity (Wildman–Crippen MR) is 121 cm³/mol. The zero-order valence-corrected chi connectivity index (χ0v) is 18.0. The van der Waals surface area contributed by atoms with Gasteiger partial charge in [0.15, 0.2) is 0 Å². The van der Waals surface area contributed by atoms with Gasteiger partial charge in [-0.05, 0) is 23.3 Å². The minimum atomic E-state index is -0.439. The van der Waals surface area contributed by atoms with Gasteiger partial charge in [0, 0.05) is 48.3 Å². The minimum absolute atomic E-state index is 0.0409. The molecular formula is C23H20ClFN6O. The number of benzene rings is 2. The highest BCUT2D eigenvalue weighted by molar-refractivity contribution is 6.31. The fraction of sp³-hybridized carbons (Fsp3) is 0.130. The lowest BCUT2D eigenvalue weighted by molar-refractivity contribution is -0.120. The van der Waals surface area contributed by atoms with E-state index in [0.29, 0.717) is 11.0 Å². The lowest BCUT2D eigenvalue weighted by atomic mass is 10.0. The molecule has 0 spiro atoms. The molecule has 2 N–H and O–H groups in total. The highest BCUT2D eigenvalue weighted by Gasteiger charge is 2.10. The van der Waals surface area contributed by atoms with Gasteiger partial charge in [-0.1, -0.05) is 41.9 Å². The largest absolute Gasteiger partial charge is 0.352 e. The highest BCUT2D eigenvalue weighted by atomic mass is 35.5. The summed E-state index contributed by atoms with van der Waals surface area (Å²) >= 11 is 5.99. The van der Waals surface area contributed by atoms with Gasteiger partial charge in [-0.25, -0.2) is 14.4 Å². The van der Waals surface area contributed by atoms with Gasteiger partial charge in [0.05, 0.1) is 18.3 Å². The number of carbonyl (C=O) groups is 1. The molecule has 9 heteroatoms. The van der Waals surface area contributed by atoms with Crippen molar-refractivity contribution in [2.24, 2.45) is 7.05 Å². The van der Waals surface area contributed by atoms with Crippen LogP contribution < -0.4 is 10.6 Å². The summed E-state index contributed by atoms with van der Waals surface area (Å²) in [6.45, 7) is 0.0409. The first-order valence-corrected chi connectivity index (χ1v) is 10.2. The van der Waals surface area contributed by atoms with Crippen LogP contribution in [0.1, 0.15) is 11.1 Å². The van der Waals surface area contributed by atoms with Crippen molar-refractivity contribution in [3.05, 3.63) is 89.2 Å². The molecule has 0 bridgehead atoms. The molecule has 0 saturated heterocycles. The van der Waals surface area contributed by atoms with Crippen LogP contribution in [0.3, 0.4) is 0 Å². The monoisotopic (exact) mass is 450 g/mol. The number of nitrogens with one attached hydrogen (secondary N) is 2. The van der Waals surface area contributed by atoms with E-state index in [-0.39, 0.29) is 24.4 Å². The number of rotatable bonds is 7. The summed E-state index contributed by atoms with van der Waals surface area (Å²) in [5, 5.41) is 10.2. The number of carbonyl (C=O) groups excluding carboxylic acids is 1. The Morgan fingerprint density at radius 1 is 1.06 bits per heavy atom. The Kier molecular flexibility index (Phi) is 6.42. The second-order valence-electron chi connectivity index (χ2n) is 7.17. The number of aromatic nitrogens is 4. The van der Waals surface area contributed by atoms with Gasteiger partial charge in [0.2, 0.25) is 11.9 Å². The lowest BCUT2D eigenvalue weighted by Crippen LogP contribution is -2.25. The van der Waals surface area contributed by atoms with Gasteiger partial charge >= 0.3 is 0 Å². The molecule has 0 atom stereocenters. The van der Waals surface area contributed by atoms with E-state index in [1.165, 1.54) is 12.1 Å². The summed E-state index contributed by atoms with van der Waals surface area (Å²) in [5.41, 5.74) is 3.70. The number of anilines is 2. The number of amides is 1. The summed E-state index contributed by atoms with van der Waals surface area (Å²) < 4.78 is 15.5. The smallest absolute Gasteiger partial charge is 0.227 e. The molecule has 0 saturated carbocycles. The molecule has 0 aliphatic rings. The Bertz CT molecular complexity index is 1200. The van der Waals surface area contributed by atoms with E-state index in [2.05, 4.69) is 25.7 Å². The number of hydrogen-bond donors (Lipinski definition) is 2. The molecule has 2 aromatic carbocycles. The van der Waals surface area contributed by atoms with Crippen LogP contribution in [0.2, 0.25) is 5.02 Å². The number of halogens is 2. The van der Waals surface area contributed by atoms with Gasteiger partial charge < -0.3 is 10.6 Å². The number of aryl methyl sites for hydroxylation is 1. The maximum absolute atomic E-state index is 13.8. The van der Waals surface area contributed by atoms with E-state index in [4.69, 9.17) is 11.6 Å². The second-order valence-corrected chi connectivity index (χ2v) is 7.58. The van der Waals surface area contributed by atoms with E-state index in [9.17, 15) is 9.18 Å². The average Bonchev–Trinajstić information content (AvgIpc) is 3.19. The topological polar surface area (TPSA) is 84.7 Å². The summed E-state index contributed by atoms with van der Waals surface area (Å²) in [7, 11) is 1.83. The van der Waals surface area contributed by atoms with Gasteiger partial charge in [0.1, 0.15) is 5.82 Å². The first kappa shape index (κ1) is 21.5. The van der Waals surface area contributed by atoms with Crippen LogP contribution in [0.15, 0.2) is 67.3 Å². The minimum Gasteiger partial charge on any atom is -0.352 e. The third-order valence-corrected chi connectivity index (χ3v) is 5.14. The first-order chi connectivity index (χ1) is 15.5. The fourth-order valence-electron chi connectivity index (χ4n) is 3.11. The van der Waals surface area contributed by atoms with Crippen LogP contribution in [0.4, 0.5) is 16.0 Å². The van der Waals surface area contributed by atoms with Crippen molar-refractivity contribution < 1.29 is 9.18 Å². The molecule has 2 heterocycles. The molecule has 4 aromatic rings. The van der Waals surface area contributed by atoms with Crippen molar-refractivity contribution in [2.75, 3.05) is 5.32 Å². The molecule has 2 aromatic heterocycles. The molecule has 4 rings (SSSR count). The van der Waals surface area contributed by atoms with Crippen LogP contribution in [-0.2, 0) is 24.8 Å². The SMILES string of the molecule is Cn1cc(Nc2ncc(-c3ccc(CC(=O)NCc4c(F)cccc4Cl)cc3)cn2)cn1. The van der Waals surface area contributed by atoms with Crippen LogP contribution in [0, 0.1) is 5.82 Å². The van der Waals surface area contributed by atoms with Gasteiger partial charge in [0.25, 0.3) is 0 Å². The van der Waals surface area contributed by atoms with E-state index in [1.807, 2.05) is 37.5 Å². The summed E-state index contributed by atoms with van der Waals surface area (Å²) in [4.78, 5) is 20.9. The van der Waals surface area contributed by atoms with E-state index >= 15 is 0 Å². The molecule has 0 aliphatic carbocycles. The van der Waals surface area contributed by atoms with Gasteiger partial charge in [-0.3, -0.25) is 9.48 Å². The van der Waals surface area contributed by atoms with Crippen molar-refractivity contribution in [2.45, 2.75) is 13.0 Å². The van der Waals surface area contributed by atoms with Crippen LogP contribution in [0.5, 0.6) is 0 Å². The number of hydrogen-bond acceptors (Lipinski definition) is 5. The van der Waals surface area contributed by atoms with Crippen LogP contribution >= 0.6 is 11.6 Å². The zero-order chi connectivity index (χ0) is 22.5. The Hall–Kier alpha value is -3.78. The van der Waals surface area contributed by atoms with Crippen LogP contribution in [-0.4, -0.2) is 25.7 Å². The Morgan fingerprint density at radius 3 is 2.47 bits per heavy atom. The maximum Gasteiger partial charge on any atom is 0.227 e. The molecular weight excluding hydrogens is 431 g/mol. The molecule has 0 fully saturated rings. The molecule has 7 nitrogen and oxygen atoms in total. The standard InChI is InChI=1S/C23H20ClFN6O/c1-31-14-18(12-29-31)30-23-27-10-17(11-28-23)16-7-5-15(6-8-16)9-22(32)26-13-19-20(24)3-2-4-21(19)25/h2-8,10-12,14H,9,13H2,1H3,(H,26,32)(H,27,28,30). The van der Waals surface area contributed by atoms with Crippen molar-refractivity contribution in [1.29, 1.82) is 0 Å². The van der Waals surface area contributed by atoms with Crippen molar-refractivity contribution in [3.63, 3.8) is 0 Å². The Morgan fingerprint density at radius 2 is 1.81 bits per heavy atom. The van der Waals surface area contributed by atoms with E-state index in [1.54, 1.807) is 29.3 Å². The third-order valence-electron chi connectivity index (χ3n) is 4.79. The zero-order valence-electron chi connectivity index (χ0n) is 17.2. The predicted octanol–water partition coefficient (Wildman–Crippen LogP) is 4.27. The van der Waals surface area contributed by atoms with Crippen molar-refractivity contribution >= 4 is 29.1 Å². The van der Waals surface area contributed by atoms with Crippen LogP contribution in [0.25, 0.3) is 11.1 Å². The van der Waals surface area contributed by atoms with Gasteiger partial charge in [-0.15, -0.1) is 0 Å². The second kappa shape index (κ2) is 9.57. The lowest BCUT2D eigenvalue weighted by Gasteiger charge is -2.09. The molecule has 1 amide bonds. The summed E-state index contributed by atoms with van der Waals surface area (Å²) in [5.74, 6) is -0.178. The van der Waals surface area contributed by atoms with Crippen molar-refractivity contribution in [1.82, 2.24) is 25.1 Å². The van der Waals surface area contributed by atoms with E-state index < -0.39 is 5.82 Å². The molecule has 162 valence electrons. The van der Waals surface area contributed by atoms with E-state index in [0.717, 1.165) is 22.4 Å². The normalized spacial score (nSPS) is 10.7. The first-order valence-electron chi connectivity index (χ1n) is 9.84. The molecule has 0 aliphatic heterocycles. The summed E-state index contributed by atoms with van der Waals surface area (Å²) in [6.07, 6.45) is 7.15. The third kappa shape index (κ3) is 5.28. The van der Waals surface area contributed by atoms with Crippen molar-refractivity contribution in [3.8, 4) is 11.1 Å². The quantitative estimate of drug-likeness (QED) is 0.439. The molecule has 0 radical (unpaired) electrons. The molecule has 0 unspecified atom stereocenters. The molecule has 32 heavy (non-hydrogen) atoms. The fourth-order valence-corrected chi connectivity index (χ4v) is 3.34.